The smallest absolute Gasteiger partial charge is 0.104 e. The summed E-state index contributed by atoms with van der Waals surface area (Å²) >= 11 is 0. The number of hydrogen-bond donors (Lipinski definition) is 2. The molecule has 0 aliphatic heterocycles. The van der Waals surface area contributed by atoms with E-state index in [4.69, 9.17) is 0 Å². The number of aliphatic hydroxyl groups excluding tert-OH is 1. The normalized spacial score (nSPS) is 22.2. The van der Waals surface area contributed by atoms with E-state index in [-0.39, 0.29) is 6.23 Å². The maximum Gasteiger partial charge on any atom is 0.104 e. The largest absolute Gasteiger partial charge is 0.379 e. The van der Waals surface area contributed by atoms with Gasteiger partial charge in [0.1, 0.15) is 6.23 Å². The van der Waals surface area contributed by atoms with E-state index in [1.165, 1.54) is 57.8 Å². The van der Waals surface area contributed by atoms with Crippen LogP contribution in [0.4, 0.5) is 0 Å². The Bertz CT molecular complexity index is 162. The first-order valence-electron chi connectivity index (χ1n) is 7.74. The second kappa shape index (κ2) is 9.90. The molecule has 1 unspecified atom stereocenters. The molecule has 0 aromatic carbocycles. The van der Waals surface area contributed by atoms with Crippen LogP contribution in [0.25, 0.3) is 0 Å². The van der Waals surface area contributed by atoms with Crippen LogP contribution in [0.3, 0.4) is 0 Å². The molecule has 1 aliphatic rings. The molecule has 0 spiro atoms. The van der Waals surface area contributed by atoms with Crippen LogP contribution in [0.2, 0.25) is 0 Å². The van der Waals surface area contributed by atoms with Crippen molar-refractivity contribution in [1.82, 2.24) is 5.32 Å². The van der Waals surface area contributed by atoms with Crippen LogP contribution in [0.15, 0.2) is 0 Å². The zero-order valence-corrected chi connectivity index (χ0v) is 11.6. The maximum absolute atomic E-state index is 9.70. The molecule has 2 N–H and O–H groups in total. The molecule has 1 fully saturated rings. The highest BCUT2D eigenvalue weighted by Crippen LogP contribution is 2.21. The minimum absolute atomic E-state index is 0.282. The molecule has 0 amide bonds. The van der Waals surface area contributed by atoms with Gasteiger partial charge >= 0.3 is 0 Å². The van der Waals surface area contributed by atoms with Crippen molar-refractivity contribution < 1.29 is 5.11 Å². The maximum atomic E-state index is 9.70. The minimum atomic E-state index is -0.282. The van der Waals surface area contributed by atoms with Gasteiger partial charge < -0.3 is 5.11 Å². The number of rotatable bonds is 5. The summed E-state index contributed by atoms with van der Waals surface area (Å²) < 4.78 is 0. The third kappa shape index (κ3) is 7.77. The van der Waals surface area contributed by atoms with Gasteiger partial charge in [0.25, 0.3) is 0 Å². The zero-order valence-electron chi connectivity index (χ0n) is 11.6. The molecule has 102 valence electrons. The molecule has 1 rings (SSSR count). The summed E-state index contributed by atoms with van der Waals surface area (Å²) in [4.78, 5) is 0. The van der Waals surface area contributed by atoms with Gasteiger partial charge in [-0.2, -0.15) is 0 Å². The third-order valence-corrected chi connectivity index (χ3v) is 3.93. The van der Waals surface area contributed by atoms with E-state index in [0.29, 0.717) is 0 Å². The Morgan fingerprint density at radius 2 is 1.53 bits per heavy atom. The van der Waals surface area contributed by atoms with Gasteiger partial charge in [0.15, 0.2) is 0 Å². The first-order valence-corrected chi connectivity index (χ1v) is 7.74. The Labute approximate surface area is 107 Å². The van der Waals surface area contributed by atoms with Crippen molar-refractivity contribution in [1.29, 1.82) is 0 Å². The van der Waals surface area contributed by atoms with Crippen LogP contribution < -0.4 is 5.32 Å². The van der Waals surface area contributed by atoms with Gasteiger partial charge in [-0.05, 0) is 25.2 Å². The summed E-state index contributed by atoms with van der Waals surface area (Å²) in [5, 5.41) is 13.0. The summed E-state index contributed by atoms with van der Waals surface area (Å²) in [5.41, 5.74) is 0. The van der Waals surface area contributed by atoms with Crippen molar-refractivity contribution in [3.05, 3.63) is 0 Å². The molecule has 2 nitrogen and oxygen atoms in total. The average Bonchev–Trinajstić information content (AvgIpc) is 2.34. The Morgan fingerprint density at radius 1 is 1.00 bits per heavy atom. The molecule has 0 aromatic rings. The molecule has 2 heteroatoms. The SMILES string of the molecule is CCCC(O)NCC1CCCCCCCCC1. The summed E-state index contributed by atoms with van der Waals surface area (Å²) in [5.74, 6) is 0.791. The Balaban J connectivity index is 2.18. The lowest BCUT2D eigenvalue weighted by Gasteiger charge is -2.21. The fourth-order valence-corrected chi connectivity index (χ4v) is 2.78. The fourth-order valence-electron chi connectivity index (χ4n) is 2.78. The molecule has 0 bridgehead atoms. The van der Waals surface area contributed by atoms with E-state index >= 15 is 0 Å². The van der Waals surface area contributed by atoms with Crippen molar-refractivity contribution in [2.75, 3.05) is 6.54 Å². The lowest BCUT2D eigenvalue weighted by Crippen LogP contribution is -2.33. The van der Waals surface area contributed by atoms with Crippen molar-refractivity contribution in [2.24, 2.45) is 5.92 Å². The van der Waals surface area contributed by atoms with Crippen LogP contribution in [-0.4, -0.2) is 17.9 Å². The van der Waals surface area contributed by atoms with Gasteiger partial charge in [-0.15, -0.1) is 0 Å². The van der Waals surface area contributed by atoms with Crippen LogP contribution in [-0.2, 0) is 0 Å². The molecule has 1 saturated carbocycles. The number of aliphatic hydroxyl groups is 1. The lowest BCUT2D eigenvalue weighted by atomic mass is 9.92. The Hall–Kier alpha value is -0.0800. The van der Waals surface area contributed by atoms with Crippen LogP contribution in [0.5, 0.6) is 0 Å². The molecule has 0 radical (unpaired) electrons. The molecular weight excluding hydrogens is 210 g/mol. The second-order valence-corrected chi connectivity index (χ2v) is 5.63. The molecule has 0 saturated heterocycles. The molecule has 1 aliphatic carbocycles. The monoisotopic (exact) mass is 241 g/mol. The van der Waals surface area contributed by atoms with E-state index in [0.717, 1.165) is 25.3 Å². The highest BCUT2D eigenvalue weighted by molar-refractivity contribution is 4.66. The molecule has 1 atom stereocenters. The first-order chi connectivity index (χ1) is 8.33. The molecular formula is C15H31NO. The predicted molar refractivity (Wildman–Crippen MR) is 74.0 cm³/mol. The van der Waals surface area contributed by atoms with Crippen molar-refractivity contribution >= 4 is 0 Å². The van der Waals surface area contributed by atoms with E-state index < -0.39 is 0 Å². The predicted octanol–water partition coefficient (Wildman–Crippen LogP) is 3.84. The standard InChI is InChI=1S/C15H31NO/c1-2-10-15(17)16-13-14-11-8-6-4-3-5-7-9-12-14/h14-17H,2-13H2,1H3. The Kier molecular flexibility index (Phi) is 8.72. The van der Waals surface area contributed by atoms with Crippen molar-refractivity contribution in [2.45, 2.75) is 83.8 Å². The van der Waals surface area contributed by atoms with Gasteiger partial charge in [0, 0.05) is 6.54 Å². The second-order valence-electron chi connectivity index (χ2n) is 5.63. The van der Waals surface area contributed by atoms with E-state index in [9.17, 15) is 5.11 Å². The van der Waals surface area contributed by atoms with Crippen LogP contribution in [0.1, 0.15) is 77.6 Å². The van der Waals surface area contributed by atoms with Gasteiger partial charge in [-0.3, -0.25) is 5.32 Å². The van der Waals surface area contributed by atoms with E-state index in [1.807, 2.05) is 0 Å². The minimum Gasteiger partial charge on any atom is -0.379 e. The highest BCUT2D eigenvalue weighted by atomic mass is 16.3. The van der Waals surface area contributed by atoms with Crippen molar-refractivity contribution in [3.8, 4) is 0 Å². The highest BCUT2D eigenvalue weighted by Gasteiger charge is 2.11. The average molecular weight is 241 g/mol. The fraction of sp³-hybridized carbons (Fsp3) is 1.00. The molecule has 0 heterocycles. The summed E-state index contributed by atoms with van der Waals surface area (Å²) in [6.07, 6.45) is 14.3. The topological polar surface area (TPSA) is 32.3 Å². The summed E-state index contributed by atoms with van der Waals surface area (Å²) in [6, 6.07) is 0. The quantitative estimate of drug-likeness (QED) is 0.717. The van der Waals surface area contributed by atoms with Gasteiger partial charge in [-0.25, -0.2) is 0 Å². The molecule has 17 heavy (non-hydrogen) atoms. The lowest BCUT2D eigenvalue weighted by molar-refractivity contribution is 0.119. The number of hydrogen-bond acceptors (Lipinski definition) is 2. The van der Waals surface area contributed by atoms with Crippen molar-refractivity contribution in [3.63, 3.8) is 0 Å². The summed E-state index contributed by atoms with van der Waals surface area (Å²) in [7, 11) is 0. The van der Waals surface area contributed by atoms with Crippen LogP contribution in [0, 0.1) is 5.92 Å². The molecule has 0 aromatic heterocycles. The van der Waals surface area contributed by atoms with E-state index in [1.54, 1.807) is 0 Å². The number of nitrogens with one attached hydrogen (secondary N) is 1. The van der Waals surface area contributed by atoms with Gasteiger partial charge in [-0.1, -0.05) is 58.3 Å². The van der Waals surface area contributed by atoms with Gasteiger partial charge in [0.2, 0.25) is 0 Å². The zero-order chi connectivity index (χ0) is 12.3. The van der Waals surface area contributed by atoms with E-state index in [2.05, 4.69) is 12.2 Å². The summed E-state index contributed by atoms with van der Waals surface area (Å²) in [6.45, 7) is 3.13. The first kappa shape index (κ1) is 15.0. The third-order valence-electron chi connectivity index (χ3n) is 3.93. The Morgan fingerprint density at radius 3 is 2.06 bits per heavy atom. The van der Waals surface area contributed by atoms with Crippen LogP contribution >= 0.6 is 0 Å². The van der Waals surface area contributed by atoms with Gasteiger partial charge in [0.05, 0.1) is 0 Å².